The number of rotatable bonds is 6. The van der Waals surface area contributed by atoms with Crippen LogP contribution in [0, 0.1) is 5.92 Å². The Morgan fingerprint density at radius 1 is 1.10 bits per heavy atom. The van der Waals surface area contributed by atoms with Gasteiger partial charge in [0.15, 0.2) is 11.5 Å². The van der Waals surface area contributed by atoms with Crippen molar-refractivity contribution in [2.75, 3.05) is 40.4 Å². The number of fused-ring (bicyclic) bond motifs is 1. The van der Waals surface area contributed by atoms with Gasteiger partial charge in [-0.15, -0.1) is 0 Å². The van der Waals surface area contributed by atoms with Crippen LogP contribution in [0.1, 0.15) is 17.0 Å². The topological polar surface area (TPSA) is 102 Å². The van der Waals surface area contributed by atoms with Gasteiger partial charge >= 0.3 is 0 Å². The number of benzene rings is 2. The summed E-state index contributed by atoms with van der Waals surface area (Å²) in [5.74, 6) is 0.541. The number of carbonyl (C=O) groups excluding carboxylic acids is 1. The number of likely N-dealkylation sites (N-methyl/N-ethyl adjacent to an activating group) is 1. The largest absolute Gasteiger partial charge is 0.486 e. The molecule has 0 aliphatic carbocycles. The van der Waals surface area contributed by atoms with Gasteiger partial charge in [-0.05, 0) is 30.3 Å². The van der Waals surface area contributed by atoms with Gasteiger partial charge in [-0.3, -0.25) is 4.79 Å². The number of ether oxygens (including phenoxy) is 2. The maximum atomic E-state index is 13.0. The fraction of sp³-hybridized carbons (Fsp3) is 0.409. The van der Waals surface area contributed by atoms with Crippen molar-refractivity contribution in [3.8, 4) is 11.5 Å². The summed E-state index contributed by atoms with van der Waals surface area (Å²) in [6.45, 7) is 2.49. The molecule has 1 fully saturated rings. The summed E-state index contributed by atoms with van der Waals surface area (Å²) in [7, 11) is -0.169. The first-order chi connectivity index (χ1) is 14.8. The van der Waals surface area contributed by atoms with Crippen molar-refractivity contribution in [1.82, 2.24) is 9.21 Å². The Kier molecular flexibility index (Phi) is 5.92. The second kappa shape index (κ2) is 8.49. The molecule has 2 atom stereocenters. The quantitative estimate of drug-likeness (QED) is 0.721. The third-order valence-electron chi connectivity index (χ3n) is 5.90. The minimum absolute atomic E-state index is 0.0516. The normalized spacial score (nSPS) is 21.4. The molecule has 2 aromatic carbocycles. The zero-order valence-corrected chi connectivity index (χ0v) is 18.5. The maximum absolute atomic E-state index is 13.0. The van der Waals surface area contributed by atoms with E-state index in [1.54, 1.807) is 13.1 Å². The molecule has 9 heteroatoms. The van der Waals surface area contributed by atoms with Crippen LogP contribution >= 0.6 is 0 Å². The number of hydrogen-bond donors (Lipinski definition) is 1. The summed E-state index contributed by atoms with van der Waals surface area (Å²) in [4.78, 5) is 14.0. The average Bonchev–Trinajstić information content (AvgIpc) is 3.16. The molecular formula is C22H27N3O5S. The molecule has 0 unspecified atom stereocenters. The van der Waals surface area contributed by atoms with Crippen molar-refractivity contribution in [3.05, 3.63) is 53.6 Å². The molecule has 0 spiro atoms. The minimum atomic E-state index is -3.69. The second-order valence-corrected chi connectivity index (χ2v) is 10.2. The van der Waals surface area contributed by atoms with Crippen molar-refractivity contribution < 1.29 is 22.7 Å². The van der Waals surface area contributed by atoms with Crippen molar-refractivity contribution >= 4 is 15.9 Å². The molecule has 0 bridgehead atoms. The number of nitrogens with zero attached hydrogens (tertiary/aromatic N) is 2. The van der Waals surface area contributed by atoms with E-state index in [1.807, 2.05) is 31.3 Å². The SMILES string of the molecule is CN1C[C@H](C(N)=O)[C@@H](c2ccc(CN(C)S(=O)(=O)c3ccc4c(c3)OCCO4)cc2)C1. The van der Waals surface area contributed by atoms with Crippen LogP contribution in [-0.2, 0) is 21.4 Å². The first kappa shape index (κ1) is 21.6. The van der Waals surface area contributed by atoms with E-state index >= 15 is 0 Å². The fourth-order valence-electron chi connectivity index (χ4n) is 4.20. The number of sulfonamides is 1. The average molecular weight is 446 g/mol. The Hall–Kier alpha value is -2.62. The molecule has 2 aromatic rings. The summed E-state index contributed by atoms with van der Waals surface area (Å²) in [6.07, 6.45) is 0. The second-order valence-electron chi connectivity index (χ2n) is 8.14. The van der Waals surface area contributed by atoms with Crippen LogP contribution in [0.15, 0.2) is 47.4 Å². The van der Waals surface area contributed by atoms with E-state index in [0.29, 0.717) is 31.3 Å². The van der Waals surface area contributed by atoms with Gasteiger partial charge in [0, 0.05) is 38.7 Å². The van der Waals surface area contributed by atoms with E-state index < -0.39 is 10.0 Å². The lowest BCUT2D eigenvalue weighted by Gasteiger charge is -2.21. The monoisotopic (exact) mass is 445 g/mol. The number of nitrogens with two attached hydrogens (primary N) is 1. The van der Waals surface area contributed by atoms with Gasteiger partial charge in [0.2, 0.25) is 15.9 Å². The smallest absolute Gasteiger partial charge is 0.243 e. The molecule has 166 valence electrons. The Morgan fingerprint density at radius 2 is 1.77 bits per heavy atom. The first-order valence-corrected chi connectivity index (χ1v) is 11.6. The number of carbonyl (C=O) groups is 1. The Morgan fingerprint density at radius 3 is 2.45 bits per heavy atom. The predicted octanol–water partition coefficient (Wildman–Crippen LogP) is 1.41. The molecule has 4 rings (SSSR count). The van der Waals surface area contributed by atoms with E-state index in [9.17, 15) is 13.2 Å². The van der Waals surface area contributed by atoms with Gasteiger partial charge in [0.05, 0.1) is 10.8 Å². The minimum Gasteiger partial charge on any atom is -0.486 e. The first-order valence-electron chi connectivity index (χ1n) is 10.2. The third-order valence-corrected chi connectivity index (χ3v) is 7.70. The molecule has 1 saturated heterocycles. The van der Waals surface area contributed by atoms with Crippen LogP contribution in [0.25, 0.3) is 0 Å². The van der Waals surface area contributed by atoms with Crippen LogP contribution in [0.4, 0.5) is 0 Å². The lowest BCUT2D eigenvalue weighted by Crippen LogP contribution is -2.28. The van der Waals surface area contributed by atoms with Crippen molar-refractivity contribution in [3.63, 3.8) is 0 Å². The van der Waals surface area contributed by atoms with Crippen LogP contribution in [0.3, 0.4) is 0 Å². The molecular weight excluding hydrogens is 418 g/mol. The summed E-state index contributed by atoms with van der Waals surface area (Å²) >= 11 is 0. The molecule has 2 aliphatic rings. The predicted molar refractivity (Wildman–Crippen MR) is 115 cm³/mol. The highest BCUT2D eigenvalue weighted by Gasteiger charge is 2.35. The maximum Gasteiger partial charge on any atom is 0.243 e. The standard InChI is InChI=1S/C22H27N3O5S/c1-24-13-18(19(14-24)22(23)26)16-5-3-15(4-6-16)12-25(2)31(27,28)17-7-8-20-21(11-17)30-10-9-29-20/h3-8,11,18-19H,9-10,12-14H2,1-2H3,(H2,23,26)/t18-,19+/m1/s1. The molecule has 0 saturated carbocycles. The molecule has 2 N–H and O–H groups in total. The Labute approximate surface area is 182 Å². The Balaban J connectivity index is 1.48. The van der Waals surface area contributed by atoms with E-state index in [0.717, 1.165) is 17.7 Å². The van der Waals surface area contributed by atoms with Gasteiger partial charge in [0.1, 0.15) is 13.2 Å². The van der Waals surface area contributed by atoms with E-state index in [1.165, 1.54) is 16.4 Å². The Bertz CT molecular complexity index is 1070. The molecule has 31 heavy (non-hydrogen) atoms. The molecule has 2 aliphatic heterocycles. The summed E-state index contributed by atoms with van der Waals surface area (Å²) in [6, 6.07) is 12.4. The zero-order valence-electron chi connectivity index (χ0n) is 17.7. The van der Waals surface area contributed by atoms with Gasteiger partial charge in [-0.1, -0.05) is 24.3 Å². The summed E-state index contributed by atoms with van der Waals surface area (Å²) in [5, 5.41) is 0. The number of hydrogen-bond acceptors (Lipinski definition) is 6. The molecule has 1 amide bonds. The van der Waals surface area contributed by atoms with Gasteiger partial charge in [-0.25, -0.2) is 8.42 Å². The number of amides is 1. The summed E-state index contributed by atoms with van der Waals surface area (Å²) in [5.41, 5.74) is 7.47. The van der Waals surface area contributed by atoms with Crippen LogP contribution in [0.5, 0.6) is 11.5 Å². The van der Waals surface area contributed by atoms with Crippen molar-refractivity contribution in [2.24, 2.45) is 11.7 Å². The highest BCUT2D eigenvalue weighted by atomic mass is 32.2. The van der Waals surface area contributed by atoms with Gasteiger partial charge < -0.3 is 20.1 Å². The van der Waals surface area contributed by atoms with Crippen molar-refractivity contribution in [1.29, 1.82) is 0 Å². The summed E-state index contributed by atoms with van der Waals surface area (Å²) < 4.78 is 38.3. The van der Waals surface area contributed by atoms with Crippen LogP contribution in [-0.4, -0.2) is 63.9 Å². The third kappa shape index (κ3) is 4.39. The molecule has 8 nitrogen and oxygen atoms in total. The van der Waals surface area contributed by atoms with Crippen LogP contribution in [0.2, 0.25) is 0 Å². The fourth-order valence-corrected chi connectivity index (χ4v) is 5.38. The molecule has 2 heterocycles. The molecule has 0 aromatic heterocycles. The lowest BCUT2D eigenvalue weighted by molar-refractivity contribution is -0.121. The van der Waals surface area contributed by atoms with E-state index in [2.05, 4.69) is 4.90 Å². The highest BCUT2D eigenvalue weighted by molar-refractivity contribution is 7.89. The number of likely N-dealkylation sites (tertiary alicyclic amines) is 1. The van der Waals surface area contributed by atoms with Crippen molar-refractivity contribution in [2.45, 2.75) is 17.4 Å². The number of primary amides is 1. The van der Waals surface area contributed by atoms with Gasteiger partial charge in [-0.2, -0.15) is 4.31 Å². The van der Waals surface area contributed by atoms with Crippen LogP contribution < -0.4 is 15.2 Å². The van der Waals surface area contributed by atoms with E-state index in [-0.39, 0.29) is 29.2 Å². The lowest BCUT2D eigenvalue weighted by atomic mass is 9.88. The van der Waals surface area contributed by atoms with Gasteiger partial charge in [0.25, 0.3) is 0 Å². The highest BCUT2D eigenvalue weighted by Crippen LogP contribution is 2.34. The van der Waals surface area contributed by atoms with E-state index in [4.69, 9.17) is 15.2 Å². The molecule has 0 radical (unpaired) electrons. The zero-order chi connectivity index (χ0) is 22.2.